The maximum Gasteiger partial charge on any atom is 0.416 e. The lowest BCUT2D eigenvalue weighted by Gasteiger charge is -2.28. The van der Waals surface area contributed by atoms with Gasteiger partial charge in [-0.1, -0.05) is 17.8 Å². The molecule has 0 unspecified atom stereocenters. The number of thioether (sulfide) groups is 1. The Hall–Kier alpha value is -2.68. The van der Waals surface area contributed by atoms with Crippen LogP contribution in [0.3, 0.4) is 0 Å². The predicted molar refractivity (Wildman–Crippen MR) is 106 cm³/mol. The Morgan fingerprint density at radius 2 is 1.79 bits per heavy atom. The summed E-state index contributed by atoms with van der Waals surface area (Å²) >= 11 is 1.33. The minimum absolute atomic E-state index is 0.144. The van der Waals surface area contributed by atoms with Crippen LogP contribution in [-0.4, -0.2) is 42.5 Å². The van der Waals surface area contributed by atoms with Gasteiger partial charge < -0.3 is 9.47 Å². The highest BCUT2D eigenvalue weighted by Crippen LogP contribution is 2.33. The number of carbonyl (C=O) groups excluding carboxylic acids is 1. The van der Waals surface area contributed by atoms with Gasteiger partial charge in [-0.2, -0.15) is 13.2 Å². The highest BCUT2D eigenvalue weighted by atomic mass is 32.2. The van der Waals surface area contributed by atoms with Crippen molar-refractivity contribution in [3.05, 3.63) is 53.6 Å². The van der Waals surface area contributed by atoms with Gasteiger partial charge in [-0.05, 0) is 36.8 Å². The Kier molecular flexibility index (Phi) is 6.36. The molecular weight excluding hydrogens is 405 g/mol. The fourth-order valence-corrected chi connectivity index (χ4v) is 3.75. The van der Waals surface area contributed by atoms with E-state index in [1.54, 1.807) is 18.2 Å². The number of hydrogen-bond acceptors (Lipinski definition) is 5. The van der Waals surface area contributed by atoms with Crippen LogP contribution in [0.15, 0.2) is 47.5 Å². The normalized spacial score (nSPS) is 16.0. The number of benzene rings is 2. The molecule has 3 rings (SSSR count). The molecule has 0 spiro atoms. The van der Waals surface area contributed by atoms with Crippen molar-refractivity contribution in [2.24, 2.45) is 4.99 Å². The average molecular weight is 424 g/mol. The molecule has 1 amide bonds. The van der Waals surface area contributed by atoms with E-state index in [9.17, 15) is 18.0 Å². The van der Waals surface area contributed by atoms with Gasteiger partial charge in [0.15, 0.2) is 5.17 Å². The maximum absolute atomic E-state index is 13.1. The van der Waals surface area contributed by atoms with Crippen LogP contribution in [-0.2, 0) is 6.18 Å². The van der Waals surface area contributed by atoms with Gasteiger partial charge in [0.1, 0.15) is 11.5 Å². The molecule has 2 aromatic rings. The number of rotatable bonds is 4. The van der Waals surface area contributed by atoms with Crippen LogP contribution >= 0.6 is 11.8 Å². The fourth-order valence-electron chi connectivity index (χ4n) is 2.79. The summed E-state index contributed by atoms with van der Waals surface area (Å²) in [5.41, 5.74) is -0.291. The van der Waals surface area contributed by atoms with Gasteiger partial charge in [0.05, 0.1) is 25.5 Å². The molecule has 0 atom stereocenters. The van der Waals surface area contributed by atoms with E-state index in [0.717, 1.165) is 24.3 Å². The van der Waals surface area contributed by atoms with Crippen molar-refractivity contribution in [1.29, 1.82) is 0 Å². The van der Waals surface area contributed by atoms with Crippen LogP contribution in [0.2, 0.25) is 0 Å². The predicted octanol–water partition coefficient (Wildman–Crippen LogP) is 4.99. The molecule has 1 saturated heterocycles. The Morgan fingerprint density at radius 3 is 2.41 bits per heavy atom. The van der Waals surface area contributed by atoms with Crippen molar-refractivity contribution in [3.63, 3.8) is 0 Å². The molecule has 0 aromatic heterocycles. The first-order chi connectivity index (χ1) is 13.8. The molecule has 1 fully saturated rings. The number of hydrogen-bond donors (Lipinski definition) is 0. The zero-order chi connectivity index (χ0) is 21.0. The van der Waals surface area contributed by atoms with E-state index >= 15 is 0 Å². The van der Waals surface area contributed by atoms with E-state index in [2.05, 4.69) is 4.99 Å². The number of amidine groups is 1. The molecule has 1 heterocycles. The van der Waals surface area contributed by atoms with E-state index < -0.39 is 11.7 Å². The molecule has 5 nitrogen and oxygen atoms in total. The number of alkyl halides is 3. The molecule has 9 heteroatoms. The Bertz CT molecular complexity index is 909. The maximum atomic E-state index is 13.1. The molecule has 0 radical (unpaired) electrons. The quantitative estimate of drug-likeness (QED) is 0.694. The van der Waals surface area contributed by atoms with Gasteiger partial charge >= 0.3 is 6.18 Å². The summed E-state index contributed by atoms with van der Waals surface area (Å²) in [5.74, 6) is 1.34. The summed E-state index contributed by atoms with van der Waals surface area (Å²) in [7, 11) is 2.97. The van der Waals surface area contributed by atoms with Gasteiger partial charge in [0, 0.05) is 23.9 Å². The first-order valence-electron chi connectivity index (χ1n) is 8.75. The van der Waals surface area contributed by atoms with Crippen molar-refractivity contribution < 1.29 is 27.4 Å². The summed E-state index contributed by atoms with van der Waals surface area (Å²) in [4.78, 5) is 18.9. The third-order valence-corrected chi connectivity index (χ3v) is 5.29. The fraction of sp³-hybridized carbons (Fsp3) is 0.300. The van der Waals surface area contributed by atoms with Gasteiger partial charge in [-0.15, -0.1) is 0 Å². The highest BCUT2D eigenvalue weighted by Gasteiger charge is 2.31. The zero-order valence-electron chi connectivity index (χ0n) is 15.8. The number of nitrogens with zero attached hydrogens (tertiary/aromatic N) is 2. The molecule has 154 valence electrons. The lowest BCUT2D eigenvalue weighted by molar-refractivity contribution is -0.137. The second-order valence-electron chi connectivity index (χ2n) is 6.20. The lowest BCUT2D eigenvalue weighted by atomic mass is 10.1. The van der Waals surface area contributed by atoms with Gasteiger partial charge in [-0.3, -0.25) is 9.69 Å². The van der Waals surface area contributed by atoms with E-state index in [0.29, 0.717) is 28.8 Å². The molecule has 2 aromatic carbocycles. The van der Waals surface area contributed by atoms with Crippen molar-refractivity contribution in [2.75, 3.05) is 26.5 Å². The average Bonchev–Trinajstić information content (AvgIpc) is 2.72. The van der Waals surface area contributed by atoms with Crippen molar-refractivity contribution in [2.45, 2.75) is 12.6 Å². The van der Waals surface area contributed by atoms with Crippen LogP contribution in [0.25, 0.3) is 0 Å². The van der Waals surface area contributed by atoms with E-state index in [1.165, 1.54) is 43.0 Å². The lowest BCUT2D eigenvalue weighted by Crippen LogP contribution is -2.39. The molecule has 1 aliphatic rings. The first-order valence-corrected chi connectivity index (χ1v) is 9.74. The Morgan fingerprint density at radius 1 is 1.10 bits per heavy atom. The van der Waals surface area contributed by atoms with Crippen molar-refractivity contribution in [3.8, 4) is 11.5 Å². The SMILES string of the molecule is COc1cc(OC)cc(C(=O)N2CCCSC2=Nc2cccc(C(F)(F)F)c2)c1. The minimum atomic E-state index is -4.46. The van der Waals surface area contributed by atoms with E-state index in [-0.39, 0.29) is 11.6 Å². The van der Waals surface area contributed by atoms with Gasteiger partial charge in [0.25, 0.3) is 5.91 Å². The molecule has 0 aliphatic carbocycles. The number of methoxy groups -OCH3 is 2. The third-order valence-electron chi connectivity index (χ3n) is 4.23. The number of ether oxygens (including phenoxy) is 2. The molecule has 0 saturated carbocycles. The molecule has 1 aliphatic heterocycles. The van der Waals surface area contributed by atoms with Gasteiger partial charge in [0.2, 0.25) is 0 Å². The monoisotopic (exact) mass is 424 g/mol. The van der Waals surface area contributed by atoms with Crippen LogP contribution < -0.4 is 9.47 Å². The van der Waals surface area contributed by atoms with Crippen LogP contribution in [0.4, 0.5) is 18.9 Å². The smallest absolute Gasteiger partial charge is 0.416 e. The molecule has 0 bridgehead atoms. The number of carbonyl (C=O) groups is 1. The van der Waals surface area contributed by atoms with E-state index in [1.807, 2.05) is 0 Å². The zero-order valence-corrected chi connectivity index (χ0v) is 16.6. The second kappa shape index (κ2) is 8.77. The molecule has 0 N–H and O–H groups in total. The largest absolute Gasteiger partial charge is 0.497 e. The summed E-state index contributed by atoms with van der Waals surface area (Å²) in [6.45, 7) is 0.420. The molecular formula is C20H19F3N2O3S. The molecule has 29 heavy (non-hydrogen) atoms. The topological polar surface area (TPSA) is 51.1 Å². The number of halogens is 3. The van der Waals surface area contributed by atoms with E-state index in [4.69, 9.17) is 9.47 Å². The third kappa shape index (κ3) is 5.03. The summed E-state index contributed by atoms with van der Waals surface area (Å²) in [6, 6.07) is 9.57. The Balaban J connectivity index is 1.94. The van der Waals surface area contributed by atoms with Crippen LogP contribution in [0.1, 0.15) is 22.3 Å². The number of amides is 1. The second-order valence-corrected chi connectivity index (χ2v) is 7.26. The number of aliphatic imine (C=N–C) groups is 1. The summed E-state index contributed by atoms with van der Waals surface area (Å²) < 4.78 is 49.3. The highest BCUT2D eigenvalue weighted by molar-refractivity contribution is 8.13. The van der Waals surface area contributed by atoms with Crippen LogP contribution in [0.5, 0.6) is 11.5 Å². The van der Waals surface area contributed by atoms with Crippen molar-refractivity contribution in [1.82, 2.24) is 4.90 Å². The first kappa shape index (κ1) is 21.0. The standard InChI is InChI=1S/C20H19F3N2O3S/c1-27-16-9-13(10-17(12-16)28-2)18(26)25-7-4-8-29-19(25)24-15-6-3-5-14(11-15)20(21,22)23/h3,5-6,9-12H,4,7-8H2,1-2H3. The summed E-state index contributed by atoms with van der Waals surface area (Å²) in [6.07, 6.45) is -3.71. The summed E-state index contributed by atoms with van der Waals surface area (Å²) in [5, 5.41) is 0.363. The van der Waals surface area contributed by atoms with Crippen molar-refractivity contribution >= 4 is 28.5 Å². The van der Waals surface area contributed by atoms with Crippen LogP contribution in [0, 0.1) is 0 Å². The van der Waals surface area contributed by atoms with Gasteiger partial charge in [-0.25, -0.2) is 4.99 Å². The Labute approximate surface area is 170 Å². The minimum Gasteiger partial charge on any atom is -0.497 e.